The Morgan fingerprint density at radius 3 is 2.64 bits per heavy atom. The summed E-state index contributed by atoms with van der Waals surface area (Å²) in [5, 5.41) is 14.4. The molecular weight excluding hydrogens is 344 g/mol. The van der Waals surface area contributed by atoms with E-state index in [1.807, 2.05) is 13.2 Å². The van der Waals surface area contributed by atoms with Crippen LogP contribution in [0.2, 0.25) is 0 Å². The molecular formula is C16H18N4O4S. The van der Waals surface area contributed by atoms with Crippen LogP contribution in [0.25, 0.3) is 0 Å². The Morgan fingerprint density at radius 2 is 2.08 bits per heavy atom. The predicted molar refractivity (Wildman–Crippen MR) is 94.9 cm³/mol. The van der Waals surface area contributed by atoms with E-state index >= 15 is 0 Å². The van der Waals surface area contributed by atoms with Crippen LogP contribution in [-0.4, -0.2) is 33.7 Å². The van der Waals surface area contributed by atoms with Crippen LogP contribution in [0.5, 0.6) is 0 Å². The van der Waals surface area contributed by atoms with Gasteiger partial charge >= 0.3 is 5.97 Å². The summed E-state index contributed by atoms with van der Waals surface area (Å²) < 4.78 is 5.03. The van der Waals surface area contributed by atoms with Gasteiger partial charge in [0.2, 0.25) is 0 Å². The lowest BCUT2D eigenvalue weighted by Gasteiger charge is -2.17. The van der Waals surface area contributed by atoms with Gasteiger partial charge in [0.15, 0.2) is 5.16 Å². The highest BCUT2D eigenvalue weighted by Crippen LogP contribution is 2.24. The summed E-state index contributed by atoms with van der Waals surface area (Å²) in [7, 11) is 0. The molecule has 0 amide bonds. The highest BCUT2D eigenvalue weighted by atomic mass is 32.2. The number of nitro groups is 1. The zero-order valence-corrected chi connectivity index (χ0v) is 14.9. The summed E-state index contributed by atoms with van der Waals surface area (Å²) in [6.45, 7) is 3.85. The molecule has 0 saturated carbocycles. The first-order chi connectivity index (χ1) is 12.0. The SMILES string of the molecule is CCOC(=O)c1cnc(SC)nc1NC(C)c1ccc([N+](=O)[O-])cc1. The molecule has 0 spiro atoms. The number of nitrogens with one attached hydrogen (secondary N) is 1. The zero-order valence-electron chi connectivity index (χ0n) is 14.1. The van der Waals surface area contributed by atoms with Crippen molar-refractivity contribution in [2.75, 3.05) is 18.2 Å². The molecule has 132 valence electrons. The van der Waals surface area contributed by atoms with Crippen molar-refractivity contribution in [2.45, 2.75) is 25.0 Å². The second-order valence-corrected chi connectivity index (χ2v) is 5.83. The van der Waals surface area contributed by atoms with Crippen LogP contribution in [-0.2, 0) is 4.74 Å². The molecule has 0 radical (unpaired) electrons. The van der Waals surface area contributed by atoms with Crippen molar-refractivity contribution in [3.8, 4) is 0 Å². The predicted octanol–water partition coefficient (Wildman–Crippen LogP) is 3.46. The fraction of sp³-hybridized carbons (Fsp3) is 0.312. The number of aromatic nitrogens is 2. The lowest BCUT2D eigenvalue weighted by molar-refractivity contribution is -0.384. The van der Waals surface area contributed by atoms with Gasteiger partial charge in [0.05, 0.1) is 11.5 Å². The Kier molecular flexibility index (Phi) is 6.29. The van der Waals surface area contributed by atoms with Crippen molar-refractivity contribution in [1.82, 2.24) is 9.97 Å². The van der Waals surface area contributed by atoms with E-state index in [9.17, 15) is 14.9 Å². The summed E-state index contributed by atoms with van der Waals surface area (Å²) in [5.74, 6) is -0.141. The second-order valence-electron chi connectivity index (χ2n) is 5.05. The number of carbonyl (C=O) groups excluding carboxylic acids is 1. The fourth-order valence-corrected chi connectivity index (χ4v) is 2.45. The number of ether oxygens (including phenoxy) is 1. The molecule has 8 nitrogen and oxygen atoms in total. The Balaban J connectivity index is 2.27. The van der Waals surface area contributed by atoms with Crippen molar-refractivity contribution in [1.29, 1.82) is 0 Å². The van der Waals surface area contributed by atoms with Gasteiger partial charge < -0.3 is 10.1 Å². The Labute approximate surface area is 149 Å². The highest BCUT2D eigenvalue weighted by molar-refractivity contribution is 7.98. The van der Waals surface area contributed by atoms with Crippen LogP contribution < -0.4 is 5.32 Å². The Bertz CT molecular complexity index is 767. The first-order valence-electron chi connectivity index (χ1n) is 7.55. The number of esters is 1. The summed E-state index contributed by atoms with van der Waals surface area (Å²) in [6.07, 6.45) is 3.27. The smallest absolute Gasteiger partial charge is 0.343 e. The van der Waals surface area contributed by atoms with E-state index in [0.717, 1.165) is 5.56 Å². The molecule has 1 aromatic carbocycles. The normalized spacial score (nSPS) is 11.6. The van der Waals surface area contributed by atoms with E-state index in [1.54, 1.807) is 19.1 Å². The quantitative estimate of drug-likeness (QED) is 0.262. The molecule has 0 saturated heterocycles. The minimum atomic E-state index is -0.506. The molecule has 1 atom stereocenters. The average Bonchev–Trinajstić information content (AvgIpc) is 2.61. The minimum Gasteiger partial charge on any atom is -0.462 e. The largest absolute Gasteiger partial charge is 0.462 e. The fourth-order valence-electron chi connectivity index (χ4n) is 2.11. The first kappa shape index (κ1) is 18.7. The second kappa shape index (κ2) is 8.43. The van der Waals surface area contributed by atoms with Crippen molar-refractivity contribution in [2.24, 2.45) is 0 Å². The van der Waals surface area contributed by atoms with Crippen molar-refractivity contribution >= 4 is 29.2 Å². The standard InChI is InChI=1S/C16H18N4O4S/c1-4-24-15(21)13-9-17-16(25-3)19-14(13)18-10(2)11-5-7-12(8-6-11)20(22)23/h5-10H,4H2,1-3H3,(H,17,18,19). The maximum absolute atomic E-state index is 12.1. The van der Waals surface area contributed by atoms with Gasteiger partial charge in [0.1, 0.15) is 11.4 Å². The molecule has 0 aliphatic rings. The van der Waals surface area contributed by atoms with Crippen molar-refractivity contribution in [3.05, 3.63) is 51.7 Å². The number of nitro benzene ring substituents is 1. The van der Waals surface area contributed by atoms with Gasteiger partial charge in [0, 0.05) is 24.4 Å². The number of anilines is 1. The van der Waals surface area contributed by atoms with Gasteiger partial charge in [0.25, 0.3) is 5.69 Å². The molecule has 0 aliphatic heterocycles. The maximum Gasteiger partial charge on any atom is 0.343 e. The van der Waals surface area contributed by atoms with Crippen molar-refractivity contribution in [3.63, 3.8) is 0 Å². The third-order valence-electron chi connectivity index (χ3n) is 3.40. The van der Waals surface area contributed by atoms with Gasteiger partial charge in [-0.3, -0.25) is 10.1 Å². The average molecular weight is 362 g/mol. The van der Waals surface area contributed by atoms with Crippen LogP contribution in [0.3, 0.4) is 0 Å². The highest BCUT2D eigenvalue weighted by Gasteiger charge is 2.18. The third-order valence-corrected chi connectivity index (χ3v) is 3.96. The molecule has 0 bridgehead atoms. The lowest BCUT2D eigenvalue weighted by atomic mass is 10.1. The zero-order chi connectivity index (χ0) is 18.4. The van der Waals surface area contributed by atoms with Gasteiger partial charge in [-0.15, -0.1) is 0 Å². The summed E-state index contributed by atoms with van der Waals surface area (Å²) in [6, 6.07) is 5.98. The van der Waals surface area contributed by atoms with E-state index in [2.05, 4.69) is 15.3 Å². The summed E-state index contributed by atoms with van der Waals surface area (Å²) in [5.41, 5.74) is 1.09. The van der Waals surface area contributed by atoms with E-state index in [-0.39, 0.29) is 23.9 Å². The van der Waals surface area contributed by atoms with E-state index in [4.69, 9.17) is 4.74 Å². The molecule has 1 heterocycles. The number of hydrogen-bond acceptors (Lipinski definition) is 8. The van der Waals surface area contributed by atoms with E-state index < -0.39 is 10.9 Å². The minimum absolute atomic E-state index is 0.0230. The molecule has 1 N–H and O–H groups in total. The number of thioether (sulfide) groups is 1. The first-order valence-corrected chi connectivity index (χ1v) is 8.77. The van der Waals surface area contributed by atoms with Gasteiger partial charge in [-0.2, -0.15) is 0 Å². The number of hydrogen-bond donors (Lipinski definition) is 1. The Morgan fingerprint density at radius 1 is 1.40 bits per heavy atom. The van der Waals surface area contributed by atoms with Gasteiger partial charge in [-0.1, -0.05) is 23.9 Å². The lowest BCUT2D eigenvalue weighted by Crippen LogP contribution is -2.15. The third kappa shape index (κ3) is 4.66. The monoisotopic (exact) mass is 362 g/mol. The molecule has 0 fully saturated rings. The summed E-state index contributed by atoms with van der Waals surface area (Å²) in [4.78, 5) is 30.8. The molecule has 1 aromatic heterocycles. The molecule has 2 rings (SSSR count). The van der Waals surface area contributed by atoms with E-state index in [0.29, 0.717) is 11.0 Å². The molecule has 1 unspecified atom stereocenters. The molecule has 2 aromatic rings. The summed E-state index contributed by atoms with van der Waals surface area (Å²) >= 11 is 1.36. The van der Waals surface area contributed by atoms with E-state index in [1.165, 1.54) is 30.1 Å². The van der Waals surface area contributed by atoms with Crippen LogP contribution in [0.1, 0.15) is 35.8 Å². The van der Waals surface area contributed by atoms with Crippen molar-refractivity contribution < 1.29 is 14.5 Å². The topological polar surface area (TPSA) is 107 Å². The van der Waals surface area contributed by atoms with Gasteiger partial charge in [-0.05, 0) is 25.7 Å². The van der Waals surface area contributed by atoms with Gasteiger partial charge in [-0.25, -0.2) is 14.8 Å². The molecule has 9 heteroatoms. The Hall–Kier alpha value is -2.68. The van der Waals surface area contributed by atoms with Crippen LogP contribution in [0, 0.1) is 10.1 Å². The number of rotatable bonds is 7. The number of nitrogens with zero attached hydrogens (tertiary/aromatic N) is 3. The maximum atomic E-state index is 12.1. The molecule has 0 aliphatic carbocycles. The van der Waals surface area contributed by atoms with Crippen LogP contribution in [0.15, 0.2) is 35.6 Å². The van der Waals surface area contributed by atoms with Crippen LogP contribution in [0.4, 0.5) is 11.5 Å². The number of benzene rings is 1. The number of carbonyl (C=O) groups is 1. The number of non-ortho nitro benzene ring substituents is 1. The van der Waals surface area contributed by atoms with Crippen LogP contribution >= 0.6 is 11.8 Å². The molecule has 25 heavy (non-hydrogen) atoms.